The molecule has 94 valence electrons. The van der Waals surface area contributed by atoms with Crippen LogP contribution in [0.1, 0.15) is 17.7 Å². The van der Waals surface area contributed by atoms with E-state index in [4.69, 9.17) is 4.74 Å². The minimum absolute atomic E-state index is 0.367. The van der Waals surface area contributed by atoms with Crippen molar-refractivity contribution in [1.82, 2.24) is 10.3 Å². The number of ether oxygens (including phenoxy) is 1. The second-order valence-corrected chi connectivity index (χ2v) is 4.58. The largest absolute Gasteiger partial charge is 0.380 e. The van der Waals surface area contributed by atoms with Gasteiger partial charge < -0.3 is 15.0 Å². The fraction of sp³-hybridized carbons (Fsp3) is 0.615. The maximum absolute atomic E-state index is 5.42. The third-order valence-corrected chi connectivity index (χ3v) is 3.28. The summed E-state index contributed by atoms with van der Waals surface area (Å²) in [6.45, 7) is 4.95. The molecule has 17 heavy (non-hydrogen) atoms. The van der Waals surface area contributed by atoms with Gasteiger partial charge in [0.1, 0.15) is 0 Å². The smallest absolute Gasteiger partial charge is 0.0762 e. The number of aryl methyl sites for hydroxylation is 1. The third-order valence-electron chi connectivity index (χ3n) is 3.28. The number of hydrogen-bond donors (Lipinski definition) is 1. The lowest BCUT2D eigenvalue weighted by Gasteiger charge is -2.22. The molecule has 0 bridgehead atoms. The molecule has 1 aliphatic rings. The molecule has 0 radical (unpaired) electrons. The van der Waals surface area contributed by atoms with E-state index in [1.54, 1.807) is 7.11 Å². The van der Waals surface area contributed by atoms with Crippen molar-refractivity contribution >= 4 is 5.69 Å². The Balaban J connectivity index is 2.21. The molecule has 1 aromatic heterocycles. The molecule has 1 N–H and O–H groups in total. The zero-order valence-corrected chi connectivity index (χ0v) is 10.9. The normalized spacial score (nSPS) is 19.9. The van der Waals surface area contributed by atoms with E-state index in [0.29, 0.717) is 6.10 Å². The van der Waals surface area contributed by atoms with Crippen LogP contribution in [0, 0.1) is 6.92 Å². The molecule has 1 aromatic rings. The second-order valence-electron chi connectivity index (χ2n) is 4.58. The van der Waals surface area contributed by atoms with Gasteiger partial charge >= 0.3 is 0 Å². The van der Waals surface area contributed by atoms with Gasteiger partial charge in [0.05, 0.1) is 6.10 Å². The Morgan fingerprint density at radius 2 is 2.41 bits per heavy atom. The number of hydrogen-bond acceptors (Lipinski definition) is 4. The monoisotopic (exact) mass is 235 g/mol. The van der Waals surface area contributed by atoms with E-state index in [9.17, 15) is 0 Å². The van der Waals surface area contributed by atoms with Crippen molar-refractivity contribution in [1.29, 1.82) is 0 Å². The molecule has 4 heteroatoms. The van der Waals surface area contributed by atoms with Gasteiger partial charge in [-0.25, -0.2) is 0 Å². The highest BCUT2D eigenvalue weighted by Gasteiger charge is 2.23. The Labute approximate surface area is 103 Å². The molecule has 2 heterocycles. The van der Waals surface area contributed by atoms with Crippen molar-refractivity contribution in [3.8, 4) is 0 Å². The molecule has 2 rings (SSSR count). The SMILES string of the molecule is CNCc1cnc(C)cc1N1CCC(OC)C1. The molecule has 0 amide bonds. The van der Waals surface area contributed by atoms with Crippen LogP contribution in [0.3, 0.4) is 0 Å². The lowest BCUT2D eigenvalue weighted by Crippen LogP contribution is -2.24. The van der Waals surface area contributed by atoms with Crippen LogP contribution >= 0.6 is 0 Å². The third kappa shape index (κ3) is 2.76. The summed E-state index contributed by atoms with van der Waals surface area (Å²) < 4.78 is 5.42. The standard InChI is InChI=1S/C13H21N3O/c1-10-6-13(11(7-14-2)8-15-10)16-5-4-12(9-16)17-3/h6,8,12,14H,4-5,7,9H2,1-3H3. The summed E-state index contributed by atoms with van der Waals surface area (Å²) in [4.78, 5) is 6.77. The molecule has 0 aliphatic carbocycles. The van der Waals surface area contributed by atoms with Crippen molar-refractivity contribution in [2.75, 3.05) is 32.1 Å². The van der Waals surface area contributed by atoms with Crippen molar-refractivity contribution < 1.29 is 4.74 Å². The first-order valence-corrected chi connectivity index (χ1v) is 6.12. The highest BCUT2D eigenvalue weighted by molar-refractivity contribution is 5.54. The minimum atomic E-state index is 0.367. The molecule has 1 unspecified atom stereocenters. The van der Waals surface area contributed by atoms with Gasteiger partial charge in [-0.15, -0.1) is 0 Å². The maximum Gasteiger partial charge on any atom is 0.0762 e. The molecule has 4 nitrogen and oxygen atoms in total. The molecular weight excluding hydrogens is 214 g/mol. The van der Waals surface area contributed by atoms with E-state index < -0.39 is 0 Å². The number of methoxy groups -OCH3 is 1. The maximum atomic E-state index is 5.42. The van der Waals surface area contributed by atoms with Gasteiger partial charge in [0.15, 0.2) is 0 Å². The number of pyridine rings is 1. The van der Waals surface area contributed by atoms with E-state index in [-0.39, 0.29) is 0 Å². The summed E-state index contributed by atoms with van der Waals surface area (Å²) in [6.07, 6.45) is 3.45. The first-order valence-electron chi connectivity index (χ1n) is 6.12. The van der Waals surface area contributed by atoms with Crippen LogP contribution in [0.4, 0.5) is 5.69 Å². The predicted octanol–water partition coefficient (Wildman–Crippen LogP) is 1.33. The van der Waals surface area contributed by atoms with Gasteiger partial charge in [0, 0.05) is 49.9 Å². The average Bonchev–Trinajstić information content (AvgIpc) is 2.80. The fourth-order valence-electron chi connectivity index (χ4n) is 2.33. The number of aromatic nitrogens is 1. The highest BCUT2D eigenvalue weighted by atomic mass is 16.5. The highest BCUT2D eigenvalue weighted by Crippen LogP contribution is 2.25. The van der Waals surface area contributed by atoms with Crippen molar-refractivity contribution in [2.45, 2.75) is 26.0 Å². The Bertz CT molecular complexity index is 381. The zero-order valence-electron chi connectivity index (χ0n) is 10.9. The van der Waals surface area contributed by atoms with E-state index in [1.165, 1.54) is 11.3 Å². The van der Waals surface area contributed by atoms with E-state index >= 15 is 0 Å². The van der Waals surface area contributed by atoms with Crippen LogP contribution in [0.5, 0.6) is 0 Å². The van der Waals surface area contributed by atoms with E-state index in [0.717, 1.165) is 31.7 Å². The lowest BCUT2D eigenvalue weighted by atomic mass is 10.2. The van der Waals surface area contributed by atoms with Crippen LogP contribution < -0.4 is 10.2 Å². The predicted molar refractivity (Wildman–Crippen MR) is 69.4 cm³/mol. The van der Waals surface area contributed by atoms with Crippen LogP contribution in [0.15, 0.2) is 12.3 Å². The van der Waals surface area contributed by atoms with Gasteiger partial charge in [0.2, 0.25) is 0 Å². The van der Waals surface area contributed by atoms with Crippen LogP contribution in [-0.4, -0.2) is 38.3 Å². The first kappa shape index (κ1) is 12.3. The van der Waals surface area contributed by atoms with Gasteiger partial charge in [-0.2, -0.15) is 0 Å². The van der Waals surface area contributed by atoms with Gasteiger partial charge in [-0.3, -0.25) is 4.98 Å². The zero-order chi connectivity index (χ0) is 12.3. The molecule has 0 saturated carbocycles. The summed E-state index contributed by atoms with van der Waals surface area (Å²) in [7, 11) is 3.76. The van der Waals surface area contributed by atoms with Crippen LogP contribution in [-0.2, 0) is 11.3 Å². The van der Waals surface area contributed by atoms with Gasteiger partial charge in [-0.05, 0) is 26.5 Å². The summed E-state index contributed by atoms with van der Waals surface area (Å²) >= 11 is 0. The molecule has 1 saturated heterocycles. The molecule has 1 atom stereocenters. The second kappa shape index (κ2) is 5.47. The minimum Gasteiger partial charge on any atom is -0.380 e. The van der Waals surface area contributed by atoms with E-state index in [1.807, 2.05) is 20.2 Å². The first-order chi connectivity index (χ1) is 8.24. The molecular formula is C13H21N3O. The summed E-state index contributed by atoms with van der Waals surface area (Å²) in [5, 5.41) is 3.19. The molecule has 0 aromatic carbocycles. The van der Waals surface area contributed by atoms with Crippen molar-refractivity contribution in [3.63, 3.8) is 0 Å². The van der Waals surface area contributed by atoms with Crippen LogP contribution in [0.2, 0.25) is 0 Å². The van der Waals surface area contributed by atoms with Crippen molar-refractivity contribution in [3.05, 3.63) is 23.5 Å². The topological polar surface area (TPSA) is 37.4 Å². The fourth-order valence-corrected chi connectivity index (χ4v) is 2.33. The Kier molecular flexibility index (Phi) is 3.97. The number of nitrogens with one attached hydrogen (secondary N) is 1. The van der Waals surface area contributed by atoms with Gasteiger partial charge in [-0.1, -0.05) is 0 Å². The lowest BCUT2D eigenvalue weighted by molar-refractivity contribution is 0.121. The number of rotatable bonds is 4. The molecule has 1 aliphatic heterocycles. The molecule has 0 spiro atoms. The number of nitrogens with zero attached hydrogens (tertiary/aromatic N) is 2. The van der Waals surface area contributed by atoms with Gasteiger partial charge in [0.25, 0.3) is 0 Å². The van der Waals surface area contributed by atoms with Crippen LogP contribution in [0.25, 0.3) is 0 Å². The summed E-state index contributed by atoms with van der Waals surface area (Å²) in [5.41, 5.74) is 3.63. The Morgan fingerprint density at radius 1 is 1.59 bits per heavy atom. The summed E-state index contributed by atoms with van der Waals surface area (Å²) in [5.74, 6) is 0. The quantitative estimate of drug-likeness (QED) is 0.854. The molecule has 1 fully saturated rings. The Hall–Kier alpha value is -1.13. The summed E-state index contributed by atoms with van der Waals surface area (Å²) in [6, 6.07) is 2.17. The average molecular weight is 235 g/mol. The number of anilines is 1. The Morgan fingerprint density at radius 3 is 3.06 bits per heavy atom. The van der Waals surface area contributed by atoms with Crippen molar-refractivity contribution in [2.24, 2.45) is 0 Å². The van der Waals surface area contributed by atoms with E-state index in [2.05, 4.69) is 21.3 Å².